The average Bonchev–Trinajstić information content (AvgIpc) is 2.96. The monoisotopic (exact) mass is 401 g/mol. The van der Waals surface area contributed by atoms with Crippen LogP contribution in [-0.4, -0.2) is 40.8 Å². The van der Waals surface area contributed by atoms with Gasteiger partial charge < -0.3 is 10.5 Å². The summed E-state index contributed by atoms with van der Waals surface area (Å²) in [6.45, 7) is 0.410. The van der Waals surface area contributed by atoms with Crippen LogP contribution in [0.5, 0.6) is 5.75 Å². The predicted molar refractivity (Wildman–Crippen MR) is 107 cm³/mol. The molecule has 1 fully saturated rings. The van der Waals surface area contributed by atoms with Crippen LogP contribution in [0.15, 0.2) is 53.5 Å². The number of carbonyl (C=O) groups excluding carboxylic acids is 2. The number of nitrogens with zero attached hydrogens (tertiary/aromatic N) is 2. The number of carbonyl (C=O) groups is 2. The topological polar surface area (TPSA) is 85.0 Å². The highest BCUT2D eigenvalue weighted by Crippen LogP contribution is 2.31. The molecular formula is C20H20FN3O3S. The minimum Gasteiger partial charge on any atom is -0.497 e. The van der Waals surface area contributed by atoms with Crippen molar-refractivity contribution in [1.29, 1.82) is 0 Å². The first-order valence-electron chi connectivity index (χ1n) is 8.70. The molecule has 2 aromatic carbocycles. The fraction of sp³-hybridized carbons (Fsp3) is 0.250. The molecule has 2 N–H and O–H groups in total. The minimum atomic E-state index is -0.590. The molecular weight excluding hydrogens is 381 g/mol. The highest BCUT2D eigenvalue weighted by molar-refractivity contribution is 8.15. The highest BCUT2D eigenvalue weighted by Gasteiger charge is 2.38. The highest BCUT2D eigenvalue weighted by atomic mass is 32.2. The lowest BCUT2D eigenvalue weighted by molar-refractivity contribution is -0.128. The van der Waals surface area contributed by atoms with Crippen LogP contribution in [0.25, 0.3) is 0 Å². The second-order valence-corrected chi connectivity index (χ2v) is 7.41. The van der Waals surface area contributed by atoms with E-state index in [1.165, 1.54) is 36.0 Å². The SMILES string of the molecule is COc1ccc(CCN2C(=O)[C@H](CC(N)=O)SC2=Nc2ccc(F)cc2)cc1. The zero-order chi connectivity index (χ0) is 20.1. The van der Waals surface area contributed by atoms with Gasteiger partial charge in [-0.05, 0) is 48.4 Å². The van der Waals surface area contributed by atoms with Crippen molar-refractivity contribution in [3.05, 3.63) is 59.9 Å². The van der Waals surface area contributed by atoms with E-state index in [-0.39, 0.29) is 18.1 Å². The normalized spacial score (nSPS) is 17.9. The summed E-state index contributed by atoms with van der Waals surface area (Å²) in [4.78, 5) is 30.1. The smallest absolute Gasteiger partial charge is 0.242 e. The summed E-state index contributed by atoms with van der Waals surface area (Å²) in [6.07, 6.45) is 0.562. The van der Waals surface area contributed by atoms with E-state index < -0.39 is 11.2 Å². The average molecular weight is 401 g/mol. The van der Waals surface area contributed by atoms with E-state index in [0.717, 1.165) is 11.3 Å². The van der Waals surface area contributed by atoms with Gasteiger partial charge in [-0.3, -0.25) is 14.5 Å². The van der Waals surface area contributed by atoms with Crippen molar-refractivity contribution in [3.63, 3.8) is 0 Å². The number of hydrogen-bond acceptors (Lipinski definition) is 5. The van der Waals surface area contributed by atoms with Crippen LogP contribution >= 0.6 is 11.8 Å². The molecule has 0 spiro atoms. The molecule has 2 aromatic rings. The number of amides is 2. The molecule has 1 aliphatic rings. The Labute approximate surface area is 166 Å². The van der Waals surface area contributed by atoms with Crippen molar-refractivity contribution in [1.82, 2.24) is 4.90 Å². The third-order valence-electron chi connectivity index (χ3n) is 4.24. The lowest BCUT2D eigenvalue weighted by atomic mass is 10.1. The second-order valence-electron chi connectivity index (χ2n) is 6.24. The largest absolute Gasteiger partial charge is 0.497 e. The number of benzene rings is 2. The fourth-order valence-corrected chi connectivity index (χ4v) is 3.97. The van der Waals surface area contributed by atoms with E-state index in [2.05, 4.69) is 4.99 Å². The number of nitrogens with two attached hydrogens (primary N) is 1. The number of methoxy groups -OCH3 is 1. The van der Waals surface area contributed by atoms with Crippen LogP contribution in [0.4, 0.5) is 10.1 Å². The lowest BCUT2D eigenvalue weighted by Gasteiger charge is -2.16. The number of rotatable bonds is 7. The van der Waals surface area contributed by atoms with E-state index in [0.29, 0.717) is 23.8 Å². The maximum atomic E-state index is 13.1. The zero-order valence-corrected chi connectivity index (χ0v) is 16.1. The summed E-state index contributed by atoms with van der Waals surface area (Å²) in [5.41, 5.74) is 6.84. The van der Waals surface area contributed by atoms with E-state index >= 15 is 0 Å². The van der Waals surface area contributed by atoms with Crippen molar-refractivity contribution < 1.29 is 18.7 Å². The Morgan fingerprint density at radius 2 is 1.89 bits per heavy atom. The molecule has 28 heavy (non-hydrogen) atoms. The van der Waals surface area contributed by atoms with Crippen molar-refractivity contribution in [2.75, 3.05) is 13.7 Å². The van der Waals surface area contributed by atoms with Crippen LogP contribution in [-0.2, 0) is 16.0 Å². The molecule has 0 bridgehead atoms. The molecule has 1 saturated heterocycles. The van der Waals surface area contributed by atoms with Gasteiger partial charge in [0.15, 0.2) is 5.17 Å². The zero-order valence-electron chi connectivity index (χ0n) is 15.3. The first kappa shape index (κ1) is 19.9. The Morgan fingerprint density at radius 1 is 1.21 bits per heavy atom. The maximum Gasteiger partial charge on any atom is 0.242 e. The summed E-state index contributed by atoms with van der Waals surface area (Å²) in [7, 11) is 1.60. The van der Waals surface area contributed by atoms with Crippen LogP contribution in [0.3, 0.4) is 0 Å². The van der Waals surface area contributed by atoms with Gasteiger partial charge in [-0.25, -0.2) is 9.38 Å². The number of hydrogen-bond donors (Lipinski definition) is 1. The fourth-order valence-electron chi connectivity index (χ4n) is 2.77. The van der Waals surface area contributed by atoms with Gasteiger partial charge in [-0.1, -0.05) is 23.9 Å². The Bertz CT molecular complexity index is 885. The minimum absolute atomic E-state index is 0.0506. The Balaban J connectivity index is 1.79. The molecule has 0 aromatic heterocycles. The summed E-state index contributed by atoms with van der Waals surface area (Å²) in [5.74, 6) is -0.333. The molecule has 1 atom stereocenters. The first-order valence-corrected chi connectivity index (χ1v) is 9.58. The molecule has 146 valence electrons. The quantitative estimate of drug-likeness (QED) is 0.773. The molecule has 6 nitrogen and oxygen atoms in total. The predicted octanol–water partition coefficient (Wildman–Crippen LogP) is 2.88. The number of primary amides is 1. The molecule has 3 rings (SSSR count). The van der Waals surface area contributed by atoms with Crippen molar-refractivity contribution in [2.24, 2.45) is 10.7 Å². The molecule has 1 heterocycles. The molecule has 0 unspecified atom stereocenters. The number of ether oxygens (including phenoxy) is 1. The summed E-state index contributed by atoms with van der Waals surface area (Å²) in [5, 5.41) is -0.107. The summed E-state index contributed by atoms with van der Waals surface area (Å²) >= 11 is 1.21. The molecule has 0 aliphatic carbocycles. The molecule has 2 amide bonds. The molecule has 1 aliphatic heterocycles. The number of amidine groups is 1. The summed E-state index contributed by atoms with van der Waals surface area (Å²) in [6, 6.07) is 13.3. The molecule has 0 radical (unpaired) electrons. The van der Waals surface area contributed by atoms with Crippen LogP contribution in [0, 0.1) is 5.82 Å². The Hall–Kier alpha value is -2.87. The Morgan fingerprint density at radius 3 is 2.50 bits per heavy atom. The van der Waals surface area contributed by atoms with Gasteiger partial charge in [0, 0.05) is 13.0 Å². The van der Waals surface area contributed by atoms with Crippen molar-refractivity contribution >= 4 is 34.4 Å². The number of thioether (sulfide) groups is 1. The maximum absolute atomic E-state index is 13.1. The van der Waals surface area contributed by atoms with Gasteiger partial charge in [-0.2, -0.15) is 0 Å². The van der Waals surface area contributed by atoms with Gasteiger partial charge >= 0.3 is 0 Å². The van der Waals surface area contributed by atoms with E-state index in [1.54, 1.807) is 12.0 Å². The van der Waals surface area contributed by atoms with E-state index in [1.807, 2.05) is 24.3 Å². The van der Waals surface area contributed by atoms with Crippen LogP contribution in [0.1, 0.15) is 12.0 Å². The summed E-state index contributed by atoms with van der Waals surface area (Å²) < 4.78 is 18.3. The van der Waals surface area contributed by atoms with Gasteiger partial charge in [-0.15, -0.1) is 0 Å². The molecule has 8 heteroatoms. The lowest BCUT2D eigenvalue weighted by Crippen LogP contribution is -2.35. The van der Waals surface area contributed by atoms with Gasteiger partial charge in [0.1, 0.15) is 16.8 Å². The van der Waals surface area contributed by atoms with Crippen molar-refractivity contribution in [2.45, 2.75) is 18.1 Å². The van der Waals surface area contributed by atoms with Gasteiger partial charge in [0.05, 0.1) is 12.8 Å². The van der Waals surface area contributed by atoms with Crippen molar-refractivity contribution in [3.8, 4) is 5.75 Å². The van der Waals surface area contributed by atoms with E-state index in [9.17, 15) is 14.0 Å². The first-order chi connectivity index (χ1) is 13.5. The standard InChI is InChI=1S/C20H20FN3O3S/c1-27-16-8-2-13(3-9-16)10-11-24-19(26)17(12-18(22)25)28-20(24)23-15-6-4-14(21)5-7-15/h2-9,17H,10-12H2,1H3,(H2,22,25)/t17-/m0/s1. The van der Waals surface area contributed by atoms with E-state index in [4.69, 9.17) is 10.5 Å². The number of aliphatic imine (C=N–C) groups is 1. The number of halogens is 1. The van der Waals surface area contributed by atoms with Crippen LogP contribution < -0.4 is 10.5 Å². The Kier molecular flexibility index (Phi) is 6.30. The van der Waals surface area contributed by atoms with Crippen LogP contribution in [0.2, 0.25) is 0 Å². The second kappa shape index (κ2) is 8.88. The van der Waals surface area contributed by atoms with Gasteiger partial charge in [0.2, 0.25) is 11.8 Å². The third-order valence-corrected chi connectivity index (χ3v) is 5.42. The van der Waals surface area contributed by atoms with Gasteiger partial charge in [0.25, 0.3) is 0 Å². The third kappa shape index (κ3) is 4.89. The molecule has 0 saturated carbocycles.